The molecule has 0 aliphatic carbocycles. The fraction of sp³-hybridized carbons (Fsp3) is 0.353. The quantitative estimate of drug-likeness (QED) is 0.261. The van der Waals surface area contributed by atoms with Crippen molar-refractivity contribution in [2.45, 2.75) is 69.9 Å². The number of hydrogen-bond donors (Lipinski definition) is 0. The molecule has 6 nitrogen and oxygen atoms in total. The number of esters is 1. The lowest BCUT2D eigenvalue weighted by Gasteiger charge is -2.44. The molecule has 214 valence electrons. The molecule has 0 bridgehead atoms. The van der Waals surface area contributed by atoms with Crippen LogP contribution in [0, 0.1) is 0 Å². The van der Waals surface area contributed by atoms with Crippen molar-refractivity contribution in [3.05, 3.63) is 109 Å². The van der Waals surface area contributed by atoms with Gasteiger partial charge < -0.3 is 13.9 Å². The third kappa shape index (κ3) is 5.74. The number of carbonyl (C=O) groups is 2. The highest BCUT2D eigenvalue weighted by Gasteiger charge is 2.53. The first-order valence-electron chi connectivity index (χ1n) is 14.3. The summed E-state index contributed by atoms with van der Waals surface area (Å²) in [6.45, 7) is 9.10. The molecule has 0 aromatic heterocycles. The van der Waals surface area contributed by atoms with E-state index >= 15 is 0 Å². The van der Waals surface area contributed by atoms with Crippen LogP contribution in [0.2, 0.25) is 5.04 Å². The average molecular weight is 570 g/mol. The molecule has 1 amide bonds. The van der Waals surface area contributed by atoms with Crippen molar-refractivity contribution in [1.29, 1.82) is 0 Å². The minimum Gasteiger partial charge on any atom is -0.450 e. The molecule has 3 aromatic carbocycles. The predicted octanol–water partition coefficient (Wildman–Crippen LogP) is 5.60. The van der Waals surface area contributed by atoms with Gasteiger partial charge in [0.05, 0.1) is 18.7 Å². The Hall–Kier alpha value is -3.68. The van der Waals surface area contributed by atoms with Crippen LogP contribution in [0.3, 0.4) is 0 Å². The van der Waals surface area contributed by atoms with E-state index in [2.05, 4.69) is 69.3 Å². The summed E-state index contributed by atoms with van der Waals surface area (Å²) in [7, 11) is -2.81. The Morgan fingerprint density at radius 3 is 2.00 bits per heavy atom. The van der Waals surface area contributed by atoms with Gasteiger partial charge in [-0.1, -0.05) is 112 Å². The van der Waals surface area contributed by atoms with E-state index in [-0.39, 0.29) is 23.7 Å². The highest BCUT2D eigenvalue weighted by molar-refractivity contribution is 6.99. The van der Waals surface area contributed by atoms with Crippen LogP contribution >= 0.6 is 0 Å². The first-order valence-corrected chi connectivity index (χ1v) is 16.2. The van der Waals surface area contributed by atoms with Crippen LogP contribution in [0.15, 0.2) is 103 Å². The molecular weight excluding hydrogens is 530 g/mol. The molecule has 5 rings (SSSR count). The maximum atomic E-state index is 13.8. The van der Waals surface area contributed by atoms with Gasteiger partial charge in [-0.2, -0.15) is 0 Å². The maximum Gasteiger partial charge on any atom is 0.410 e. The third-order valence-corrected chi connectivity index (χ3v) is 13.4. The van der Waals surface area contributed by atoms with Crippen molar-refractivity contribution in [3.8, 4) is 0 Å². The molecule has 41 heavy (non-hydrogen) atoms. The van der Waals surface area contributed by atoms with E-state index in [0.29, 0.717) is 19.4 Å². The fourth-order valence-electron chi connectivity index (χ4n) is 6.36. The first kappa shape index (κ1) is 28.8. The van der Waals surface area contributed by atoms with Gasteiger partial charge in [0.1, 0.15) is 12.2 Å². The molecular formula is C34H39NO5Si. The lowest BCUT2D eigenvalue weighted by Crippen LogP contribution is -2.67. The van der Waals surface area contributed by atoms with E-state index in [1.807, 2.05) is 49.4 Å². The zero-order chi connectivity index (χ0) is 29.1. The zero-order valence-electron chi connectivity index (χ0n) is 24.3. The van der Waals surface area contributed by atoms with Crippen LogP contribution in [0.4, 0.5) is 4.79 Å². The highest BCUT2D eigenvalue weighted by Crippen LogP contribution is 2.40. The normalized spacial score (nSPS) is 22.5. The van der Waals surface area contributed by atoms with Crippen LogP contribution in [0.1, 0.15) is 46.1 Å². The van der Waals surface area contributed by atoms with Crippen molar-refractivity contribution in [2.24, 2.45) is 0 Å². The number of rotatable bonds is 8. The summed E-state index contributed by atoms with van der Waals surface area (Å²) in [4.78, 5) is 27.6. The molecule has 1 fully saturated rings. The fourth-order valence-corrected chi connectivity index (χ4v) is 11.0. The number of amides is 1. The molecule has 0 spiro atoms. The molecule has 1 saturated heterocycles. The second kappa shape index (κ2) is 11.7. The van der Waals surface area contributed by atoms with E-state index < -0.39 is 26.0 Å². The summed E-state index contributed by atoms with van der Waals surface area (Å²) in [6, 6.07) is 30.0. The number of carbonyl (C=O) groups excluding carboxylic acids is 2. The lowest BCUT2D eigenvalue weighted by atomic mass is 9.95. The van der Waals surface area contributed by atoms with Gasteiger partial charge in [0.25, 0.3) is 8.32 Å². The van der Waals surface area contributed by atoms with Crippen LogP contribution in [-0.4, -0.2) is 49.6 Å². The number of hydrogen-bond acceptors (Lipinski definition) is 5. The lowest BCUT2D eigenvalue weighted by molar-refractivity contribution is -0.148. The summed E-state index contributed by atoms with van der Waals surface area (Å²) in [5.74, 6) is -0.392. The second-order valence-corrected chi connectivity index (χ2v) is 16.4. The SMILES string of the molecule is CC(C)(C)[Si](OC[C@@H]1CC[C@@H]([C@]2(C)C=CC(=O)O2)N1C(=O)OCc1ccccc1)(c1ccccc1)c1ccccc1. The number of nitrogens with zero attached hydrogens (tertiary/aromatic N) is 1. The zero-order valence-corrected chi connectivity index (χ0v) is 25.3. The van der Waals surface area contributed by atoms with Crippen molar-refractivity contribution in [3.63, 3.8) is 0 Å². The standard InChI is InChI=1S/C34H39NO5Si/c1-33(2,3)41(28-16-10-6-11-17-28,29-18-12-7-13-19-29)39-25-27-20-21-30(34(4)23-22-31(36)40-34)35(27)32(37)38-24-26-14-8-5-9-15-26/h5-19,22-23,27,30H,20-21,24-25H2,1-4H3/t27-,30-,34-/m0/s1. The minimum absolute atomic E-state index is 0.164. The number of cyclic esters (lactones) is 1. The van der Waals surface area contributed by atoms with Crippen molar-refractivity contribution in [2.75, 3.05) is 6.61 Å². The Bertz CT molecular complexity index is 1330. The molecule has 0 saturated carbocycles. The van der Waals surface area contributed by atoms with E-state index in [1.165, 1.54) is 16.4 Å². The summed E-state index contributed by atoms with van der Waals surface area (Å²) in [5.41, 5.74) is -0.00948. The van der Waals surface area contributed by atoms with Gasteiger partial charge >= 0.3 is 12.1 Å². The van der Waals surface area contributed by atoms with Gasteiger partial charge in [0.15, 0.2) is 0 Å². The molecule has 3 atom stereocenters. The molecule has 0 radical (unpaired) electrons. The second-order valence-electron chi connectivity index (χ2n) is 12.1. The van der Waals surface area contributed by atoms with Gasteiger partial charge in [0, 0.05) is 6.08 Å². The van der Waals surface area contributed by atoms with E-state index in [4.69, 9.17) is 13.9 Å². The monoisotopic (exact) mass is 569 g/mol. The Morgan fingerprint density at radius 1 is 0.927 bits per heavy atom. The maximum absolute atomic E-state index is 13.8. The van der Waals surface area contributed by atoms with Crippen LogP contribution < -0.4 is 10.4 Å². The topological polar surface area (TPSA) is 65.1 Å². The Labute approximate surface area is 244 Å². The smallest absolute Gasteiger partial charge is 0.410 e. The first-order chi connectivity index (χ1) is 19.6. The van der Waals surface area contributed by atoms with Crippen LogP contribution in [-0.2, 0) is 25.3 Å². The summed E-state index contributed by atoms with van der Waals surface area (Å²) < 4.78 is 18.8. The summed E-state index contributed by atoms with van der Waals surface area (Å²) in [6.07, 6.45) is 4.17. The summed E-state index contributed by atoms with van der Waals surface area (Å²) in [5, 5.41) is 2.18. The molecule has 3 aromatic rings. The molecule has 0 N–H and O–H groups in total. The van der Waals surface area contributed by atoms with E-state index in [0.717, 1.165) is 5.56 Å². The van der Waals surface area contributed by atoms with Crippen LogP contribution in [0.5, 0.6) is 0 Å². The largest absolute Gasteiger partial charge is 0.450 e. The van der Waals surface area contributed by atoms with Crippen LogP contribution in [0.25, 0.3) is 0 Å². The number of benzene rings is 3. The third-order valence-electron chi connectivity index (χ3n) is 8.36. The van der Waals surface area contributed by atoms with E-state index in [1.54, 1.807) is 11.0 Å². The molecule has 2 aliphatic rings. The number of ether oxygens (including phenoxy) is 2. The van der Waals surface area contributed by atoms with Gasteiger partial charge in [-0.05, 0) is 46.8 Å². The van der Waals surface area contributed by atoms with Crippen molar-refractivity contribution < 1.29 is 23.5 Å². The van der Waals surface area contributed by atoms with Gasteiger partial charge in [-0.25, -0.2) is 9.59 Å². The molecule has 2 aliphatic heterocycles. The predicted molar refractivity (Wildman–Crippen MR) is 162 cm³/mol. The Kier molecular flexibility index (Phi) is 8.20. The summed E-state index contributed by atoms with van der Waals surface area (Å²) >= 11 is 0. The Morgan fingerprint density at radius 2 is 1.49 bits per heavy atom. The highest BCUT2D eigenvalue weighted by atomic mass is 28.4. The van der Waals surface area contributed by atoms with Gasteiger partial charge in [0.2, 0.25) is 0 Å². The molecule has 0 unspecified atom stereocenters. The average Bonchev–Trinajstić information content (AvgIpc) is 3.56. The minimum atomic E-state index is -2.81. The van der Waals surface area contributed by atoms with Gasteiger partial charge in [-0.3, -0.25) is 4.90 Å². The number of likely N-dealkylation sites (tertiary alicyclic amines) is 1. The Balaban J connectivity index is 1.47. The van der Waals surface area contributed by atoms with Crippen molar-refractivity contribution in [1.82, 2.24) is 4.90 Å². The molecule has 2 heterocycles. The molecule has 7 heteroatoms. The van der Waals surface area contributed by atoms with E-state index in [9.17, 15) is 9.59 Å². The van der Waals surface area contributed by atoms with Gasteiger partial charge in [-0.15, -0.1) is 0 Å². The van der Waals surface area contributed by atoms with Crippen molar-refractivity contribution >= 4 is 30.8 Å².